The molecule has 0 spiro atoms. The summed E-state index contributed by atoms with van der Waals surface area (Å²) >= 11 is 0. The van der Waals surface area contributed by atoms with E-state index in [0.29, 0.717) is 19.8 Å². The molecule has 0 bridgehead atoms. The largest absolute Gasteiger partial charge is 0.393 e. The average Bonchev–Trinajstić information content (AvgIpc) is 2.95. The molecule has 3 rings (SSSR count). The summed E-state index contributed by atoms with van der Waals surface area (Å²) in [7, 11) is 0. The number of hydrogen-bond donors (Lipinski definition) is 1. The van der Waals surface area contributed by atoms with Gasteiger partial charge in [0.1, 0.15) is 5.82 Å². The first-order chi connectivity index (χ1) is 10.6. The molecule has 0 unspecified atom stereocenters. The number of rotatable bonds is 2. The number of hydrogen-bond acceptors (Lipinski definition) is 3. The van der Waals surface area contributed by atoms with Gasteiger partial charge >= 0.3 is 0 Å². The highest BCUT2D eigenvalue weighted by Gasteiger charge is 2.40. The average molecular weight is 307 g/mol. The molecule has 1 aromatic carbocycles. The van der Waals surface area contributed by atoms with E-state index in [1.807, 2.05) is 6.92 Å². The molecule has 2 fully saturated rings. The number of carbonyl (C=O) groups excluding carboxylic acids is 1. The Kier molecular flexibility index (Phi) is 4.45. The van der Waals surface area contributed by atoms with Crippen molar-refractivity contribution in [3.63, 3.8) is 0 Å². The van der Waals surface area contributed by atoms with Crippen molar-refractivity contribution in [3.05, 3.63) is 35.1 Å². The SMILES string of the molecule is Cc1ccc(F)c(C(=O)N2CCOC[C@@H]2[C@H]2CCC[C@H]2O)c1. The summed E-state index contributed by atoms with van der Waals surface area (Å²) in [5, 5.41) is 10.1. The number of morpholine rings is 1. The Morgan fingerprint density at radius 2 is 2.23 bits per heavy atom. The smallest absolute Gasteiger partial charge is 0.257 e. The topological polar surface area (TPSA) is 49.8 Å². The van der Waals surface area contributed by atoms with Crippen LogP contribution in [0.3, 0.4) is 0 Å². The normalized spacial score (nSPS) is 28.9. The van der Waals surface area contributed by atoms with Crippen LogP contribution in [-0.2, 0) is 4.74 Å². The molecule has 1 amide bonds. The molecule has 0 aromatic heterocycles. The van der Waals surface area contributed by atoms with Crippen LogP contribution >= 0.6 is 0 Å². The van der Waals surface area contributed by atoms with Crippen LogP contribution in [0.1, 0.15) is 35.2 Å². The molecular weight excluding hydrogens is 285 g/mol. The van der Waals surface area contributed by atoms with Crippen LogP contribution < -0.4 is 0 Å². The molecule has 5 heteroatoms. The van der Waals surface area contributed by atoms with E-state index in [-0.39, 0.29) is 23.4 Å². The zero-order valence-electron chi connectivity index (χ0n) is 12.8. The van der Waals surface area contributed by atoms with Gasteiger partial charge in [-0.2, -0.15) is 0 Å². The Morgan fingerprint density at radius 3 is 2.95 bits per heavy atom. The minimum absolute atomic E-state index is 0.0251. The van der Waals surface area contributed by atoms with E-state index in [2.05, 4.69) is 0 Å². The zero-order chi connectivity index (χ0) is 15.7. The molecule has 1 heterocycles. The van der Waals surface area contributed by atoms with Crippen LogP contribution in [0.4, 0.5) is 4.39 Å². The van der Waals surface area contributed by atoms with Gasteiger partial charge in [-0.25, -0.2) is 4.39 Å². The molecule has 120 valence electrons. The molecule has 1 aromatic rings. The fourth-order valence-corrected chi connectivity index (χ4v) is 3.61. The lowest BCUT2D eigenvalue weighted by Crippen LogP contribution is -2.53. The van der Waals surface area contributed by atoms with E-state index in [9.17, 15) is 14.3 Å². The van der Waals surface area contributed by atoms with Crippen LogP contribution in [0, 0.1) is 18.7 Å². The van der Waals surface area contributed by atoms with Crippen molar-refractivity contribution >= 4 is 5.91 Å². The Morgan fingerprint density at radius 1 is 1.41 bits per heavy atom. The number of nitrogens with zero attached hydrogens (tertiary/aromatic N) is 1. The Balaban J connectivity index is 1.86. The van der Waals surface area contributed by atoms with Crippen LogP contribution in [0.15, 0.2) is 18.2 Å². The van der Waals surface area contributed by atoms with Crippen molar-refractivity contribution in [1.29, 1.82) is 0 Å². The summed E-state index contributed by atoms with van der Waals surface area (Å²) in [4.78, 5) is 14.5. The minimum atomic E-state index is -0.493. The second-order valence-corrected chi connectivity index (χ2v) is 6.29. The molecule has 4 nitrogen and oxygen atoms in total. The fourth-order valence-electron chi connectivity index (χ4n) is 3.61. The lowest BCUT2D eigenvalue weighted by atomic mass is 9.93. The number of amides is 1. The van der Waals surface area contributed by atoms with Crippen molar-refractivity contribution in [3.8, 4) is 0 Å². The van der Waals surface area contributed by atoms with Gasteiger partial charge in [-0.3, -0.25) is 4.79 Å². The summed E-state index contributed by atoms with van der Waals surface area (Å²) in [6, 6.07) is 4.42. The van der Waals surface area contributed by atoms with Gasteiger partial charge in [0, 0.05) is 12.5 Å². The molecule has 0 radical (unpaired) electrons. The Hall–Kier alpha value is -1.46. The van der Waals surface area contributed by atoms with Crippen molar-refractivity contribution < 1.29 is 19.0 Å². The first-order valence-electron chi connectivity index (χ1n) is 7.91. The van der Waals surface area contributed by atoms with E-state index < -0.39 is 11.9 Å². The highest BCUT2D eigenvalue weighted by molar-refractivity contribution is 5.95. The highest BCUT2D eigenvalue weighted by Crippen LogP contribution is 2.33. The van der Waals surface area contributed by atoms with Gasteiger partial charge < -0.3 is 14.7 Å². The van der Waals surface area contributed by atoms with Crippen molar-refractivity contribution in [2.24, 2.45) is 5.92 Å². The van der Waals surface area contributed by atoms with E-state index in [1.54, 1.807) is 17.0 Å². The van der Waals surface area contributed by atoms with E-state index in [1.165, 1.54) is 6.07 Å². The summed E-state index contributed by atoms with van der Waals surface area (Å²) < 4.78 is 19.5. The maximum absolute atomic E-state index is 14.0. The number of aryl methyl sites for hydroxylation is 1. The van der Waals surface area contributed by atoms with E-state index in [4.69, 9.17) is 4.74 Å². The summed E-state index contributed by atoms with van der Waals surface area (Å²) in [6.07, 6.45) is 2.21. The molecule has 1 aliphatic carbocycles. The second kappa shape index (κ2) is 6.34. The molecule has 1 saturated carbocycles. The fraction of sp³-hybridized carbons (Fsp3) is 0.588. The number of aliphatic hydroxyl groups excluding tert-OH is 1. The lowest BCUT2D eigenvalue weighted by molar-refractivity contribution is -0.0385. The third-order valence-corrected chi connectivity index (χ3v) is 4.80. The highest BCUT2D eigenvalue weighted by atomic mass is 19.1. The van der Waals surface area contributed by atoms with Crippen LogP contribution in [0.2, 0.25) is 0 Å². The number of ether oxygens (including phenoxy) is 1. The summed E-state index contributed by atoms with van der Waals surface area (Å²) in [5.74, 6) is -0.765. The van der Waals surface area contributed by atoms with Gasteiger partial charge in [0.25, 0.3) is 5.91 Å². The number of aliphatic hydroxyl groups is 1. The first-order valence-corrected chi connectivity index (χ1v) is 7.91. The van der Waals surface area contributed by atoms with E-state index >= 15 is 0 Å². The lowest BCUT2D eigenvalue weighted by Gasteiger charge is -2.40. The minimum Gasteiger partial charge on any atom is -0.393 e. The molecule has 1 saturated heterocycles. The summed E-state index contributed by atoms with van der Waals surface area (Å²) in [5.41, 5.74) is 0.967. The van der Waals surface area contributed by atoms with Gasteiger partial charge in [0.05, 0.1) is 30.9 Å². The van der Waals surface area contributed by atoms with Crippen LogP contribution in [0.25, 0.3) is 0 Å². The predicted molar refractivity (Wildman–Crippen MR) is 80.1 cm³/mol. The molecule has 1 N–H and O–H groups in total. The summed E-state index contributed by atoms with van der Waals surface area (Å²) in [6.45, 7) is 3.16. The predicted octanol–water partition coefficient (Wildman–Crippen LogP) is 2.14. The monoisotopic (exact) mass is 307 g/mol. The van der Waals surface area contributed by atoms with Gasteiger partial charge in [-0.15, -0.1) is 0 Å². The Labute approximate surface area is 129 Å². The maximum atomic E-state index is 14.0. The number of halogens is 1. The quantitative estimate of drug-likeness (QED) is 0.910. The van der Waals surface area contributed by atoms with Gasteiger partial charge in [0.15, 0.2) is 0 Å². The number of carbonyl (C=O) groups is 1. The molecule has 22 heavy (non-hydrogen) atoms. The van der Waals surface area contributed by atoms with Crippen molar-refractivity contribution in [1.82, 2.24) is 4.90 Å². The Bertz CT molecular complexity index is 563. The van der Waals surface area contributed by atoms with E-state index in [0.717, 1.165) is 24.8 Å². The van der Waals surface area contributed by atoms with Crippen LogP contribution in [0.5, 0.6) is 0 Å². The van der Waals surface area contributed by atoms with Gasteiger partial charge in [0.2, 0.25) is 0 Å². The first kappa shape index (κ1) is 15.4. The molecule has 1 aliphatic heterocycles. The third kappa shape index (κ3) is 2.88. The zero-order valence-corrected chi connectivity index (χ0v) is 12.8. The molecular formula is C17H22FNO3. The van der Waals surface area contributed by atoms with Crippen molar-refractivity contribution in [2.45, 2.75) is 38.3 Å². The van der Waals surface area contributed by atoms with Crippen LogP contribution in [-0.4, -0.2) is 47.8 Å². The molecule has 2 aliphatic rings. The number of benzene rings is 1. The second-order valence-electron chi connectivity index (χ2n) is 6.29. The molecule has 3 atom stereocenters. The van der Waals surface area contributed by atoms with Crippen molar-refractivity contribution in [2.75, 3.05) is 19.8 Å². The maximum Gasteiger partial charge on any atom is 0.257 e. The van der Waals surface area contributed by atoms with Gasteiger partial charge in [-0.1, -0.05) is 18.1 Å². The van der Waals surface area contributed by atoms with Gasteiger partial charge in [-0.05, 0) is 31.9 Å². The standard InChI is InChI=1S/C17H22FNO3/c1-11-5-6-14(18)13(9-11)17(21)19-7-8-22-10-15(19)12-3-2-4-16(12)20/h5-6,9,12,15-16,20H,2-4,7-8,10H2,1H3/t12-,15-,16-/m1/s1. The third-order valence-electron chi connectivity index (χ3n) is 4.80.